The predicted octanol–water partition coefficient (Wildman–Crippen LogP) is 3.67. The lowest BCUT2D eigenvalue weighted by molar-refractivity contribution is -0.385. The Morgan fingerprint density at radius 3 is 2.89 bits per heavy atom. The van der Waals surface area contributed by atoms with Gasteiger partial charge in [-0.25, -0.2) is 0 Å². The van der Waals surface area contributed by atoms with Crippen molar-refractivity contribution in [2.45, 2.75) is 13.5 Å². The Morgan fingerprint density at radius 1 is 1.47 bits per heavy atom. The first-order valence-corrected chi connectivity index (χ1v) is 6.44. The highest BCUT2D eigenvalue weighted by Crippen LogP contribution is 2.30. The molecule has 0 amide bonds. The van der Waals surface area contributed by atoms with Crippen LogP contribution in [0.15, 0.2) is 41.1 Å². The number of hydrogen-bond donors (Lipinski definition) is 1. The monoisotopic (exact) mass is 321 g/mol. The lowest BCUT2D eigenvalue weighted by Gasteiger charge is -2.09. The van der Waals surface area contributed by atoms with Crippen molar-refractivity contribution in [2.75, 3.05) is 5.32 Å². The van der Waals surface area contributed by atoms with E-state index in [1.807, 2.05) is 12.1 Å². The summed E-state index contributed by atoms with van der Waals surface area (Å²) in [5.74, 6) is 0. The standard InChI is InChI=1S/C13H12BrN3O2/c1-9-5-11(14)12(6-13(9)17(18)19)16-8-10-3-2-4-15-7-10/h2-7,16H,8H2,1H3. The van der Waals surface area contributed by atoms with Gasteiger partial charge in [0, 0.05) is 35.0 Å². The van der Waals surface area contributed by atoms with Gasteiger partial charge in [-0.1, -0.05) is 6.07 Å². The highest BCUT2D eigenvalue weighted by atomic mass is 79.9. The number of benzene rings is 1. The Balaban J connectivity index is 2.21. The second-order valence-electron chi connectivity index (χ2n) is 4.09. The molecule has 2 aromatic rings. The van der Waals surface area contributed by atoms with Gasteiger partial charge in [0.05, 0.1) is 10.6 Å². The number of pyridine rings is 1. The van der Waals surface area contributed by atoms with E-state index in [0.717, 1.165) is 10.0 Å². The molecule has 0 aliphatic rings. The molecule has 5 nitrogen and oxygen atoms in total. The van der Waals surface area contributed by atoms with E-state index in [4.69, 9.17) is 0 Å². The molecule has 1 heterocycles. The zero-order chi connectivity index (χ0) is 13.8. The molecule has 1 aromatic carbocycles. The van der Waals surface area contributed by atoms with Crippen LogP contribution < -0.4 is 5.32 Å². The van der Waals surface area contributed by atoms with Crippen LogP contribution in [-0.4, -0.2) is 9.91 Å². The molecule has 0 saturated carbocycles. The van der Waals surface area contributed by atoms with Crippen molar-refractivity contribution >= 4 is 27.3 Å². The van der Waals surface area contributed by atoms with Crippen molar-refractivity contribution < 1.29 is 4.92 Å². The van der Waals surface area contributed by atoms with Crippen molar-refractivity contribution in [3.63, 3.8) is 0 Å². The fraction of sp³-hybridized carbons (Fsp3) is 0.154. The predicted molar refractivity (Wildman–Crippen MR) is 77.1 cm³/mol. The van der Waals surface area contributed by atoms with Crippen molar-refractivity contribution in [1.82, 2.24) is 4.98 Å². The van der Waals surface area contributed by atoms with Gasteiger partial charge in [-0.05, 0) is 40.5 Å². The van der Waals surface area contributed by atoms with Gasteiger partial charge in [0.25, 0.3) is 5.69 Å². The number of halogens is 1. The molecule has 0 saturated heterocycles. The van der Waals surface area contributed by atoms with Crippen LogP contribution in [0.1, 0.15) is 11.1 Å². The molecule has 19 heavy (non-hydrogen) atoms. The molecule has 1 aromatic heterocycles. The molecule has 0 aliphatic carbocycles. The quantitative estimate of drug-likeness (QED) is 0.689. The fourth-order valence-corrected chi connectivity index (χ4v) is 2.29. The van der Waals surface area contributed by atoms with Crippen molar-refractivity contribution in [3.8, 4) is 0 Å². The first-order chi connectivity index (χ1) is 9.08. The minimum atomic E-state index is -0.378. The van der Waals surface area contributed by atoms with Crippen molar-refractivity contribution in [2.24, 2.45) is 0 Å². The van der Waals surface area contributed by atoms with Crippen LogP contribution in [0.4, 0.5) is 11.4 Å². The molecular weight excluding hydrogens is 310 g/mol. The second kappa shape index (κ2) is 5.79. The average molecular weight is 322 g/mol. The maximum absolute atomic E-state index is 10.9. The fourth-order valence-electron chi connectivity index (χ4n) is 1.69. The lowest BCUT2D eigenvalue weighted by Crippen LogP contribution is -2.02. The molecule has 0 spiro atoms. The summed E-state index contributed by atoms with van der Waals surface area (Å²) in [6.07, 6.45) is 3.46. The Morgan fingerprint density at radius 2 is 2.26 bits per heavy atom. The Kier molecular flexibility index (Phi) is 4.11. The number of anilines is 1. The average Bonchev–Trinajstić information content (AvgIpc) is 2.38. The molecule has 0 aliphatic heterocycles. The number of nitrogens with zero attached hydrogens (tertiary/aromatic N) is 2. The van der Waals surface area contributed by atoms with Crippen LogP contribution in [0.2, 0.25) is 0 Å². The normalized spacial score (nSPS) is 10.2. The molecule has 0 fully saturated rings. The third-order valence-electron chi connectivity index (χ3n) is 2.69. The summed E-state index contributed by atoms with van der Waals surface area (Å²) in [5.41, 5.74) is 2.44. The summed E-state index contributed by atoms with van der Waals surface area (Å²) in [6, 6.07) is 7.07. The van der Waals surface area contributed by atoms with Gasteiger partial charge in [-0.2, -0.15) is 0 Å². The SMILES string of the molecule is Cc1cc(Br)c(NCc2cccnc2)cc1[N+](=O)[O-]. The summed E-state index contributed by atoms with van der Waals surface area (Å²) in [6.45, 7) is 2.28. The number of aryl methyl sites for hydroxylation is 1. The van der Waals surface area contributed by atoms with E-state index >= 15 is 0 Å². The molecule has 6 heteroatoms. The van der Waals surface area contributed by atoms with Crippen molar-refractivity contribution in [1.29, 1.82) is 0 Å². The van der Waals surface area contributed by atoms with Gasteiger partial charge >= 0.3 is 0 Å². The van der Waals surface area contributed by atoms with E-state index in [1.165, 1.54) is 6.07 Å². The number of hydrogen-bond acceptors (Lipinski definition) is 4. The summed E-state index contributed by atoms with van der Waals surface area (Å²) in [7, 11) is 0. The lowest BCUT2D eigenvalue weighted by atomic mass is 10.2. The highest BCUT2D eigenvalue weighted by Gasteiger charge is 2.14. The van der Waals surface area contributed by atoms with E-state index < -0.39 is 0 Å². The van der Waals surface area contributed by atoms with Crippen LogP contribution >= 0.6 is 15.9 Å². The number of nitrogens with one attached hydrogen (secondary N) is 1. The number of aromatic nitrogens is 1. The number of nitro groups is 1. The van der Waals surface area contributed by atoms with E-state index in [0.29, 0.717) is 17.8 Å². The molecule has 98 valence electrons. The second-order valence-corrected chi connectivity index (χ2v) is 4.94. The minimum absolute atomic E-state index is 0.108. The van der Waals surface area contributed by atoms with Crippen LogP contribution in [0, 0.1) is 17.0 Å². The smallest absolute Gasteiger partial charge is 0.274 e. The van der Waals surface area contributed by atoms with E-state index in [2.05, 4.69) is 26.2 Å². The Bertz CT molecular complexity index is 602. The maximum Gasteiger partial charge on any atom is 0.274 e. The van der Waals surface area contributed by atoms with Crippen LogP contribution in [0.5, 0.6) is 0 Å². The third kappa shape index (κ3) is 3.29. The summed E-state index contributed by atoms with van der Waals surface area (Å²) >= 11 is 3.40. The number of rotatable bonds is 4. The van der Waals surface area contributed by atoms with Gasteiger partial charge in [-0.3, -0.25) is 15.1 Å². The van der Waals surface area contributed by atoms with Gasteiger partial charge in [0.2, 0.25) is 0 Å². The highest BCUT2D eigenvalue weighted by molar-refractivity contribution is 9.10. The van der Waals surface area contributed by atoms with Gasteiger partial charge in [-0.15, -0.1) is 0 Å². The molecule has 0 atom stereocenters. The molecular formula is C13H12BrN3O2. The first-order valence-electron chi connectivity index (χ1n) is 5.65. The van der Waals surface area contributed by atoms with Gasteiger partial charge in [0.15, 0.2) is 0 Å². The summed E-state index contributed by atoms with van der Waals surface area (Å²) < 4.78 is 0.805. The Labute approximate surface area is 119 Å². The topological polar surface area (TPSA) is 68.1 Å². The Hall–Kier alpha value is -1.95. The van der Waals surface area contributed by atoms with Crippen LogP contribution in [0.25, 0.3) is 0 Å². The number of nitro benzene ring substituents is 1. The van der Waals surface area contributed by atoms with Gasteiger partial charge in [0.1, 0.15) is 0 Å². The van der Waals surface area contributed by atoms with E-state index in [9.17, 15) is 10.1 Å². The van der Waals surface area contributed by atoms with Crippen LogP contribution in [0.3, 0.4) is 0 Å². The zero-order valence-corrected chi connectivity index (χ0v) is 11.8. The van der Waals surface area contributed by atoms with E-state index in [1.54, 1.807) is 25.4 Å². The maximum atomic E-state index is 10.9. The summed E-state index contributed by atoms with van der Waals surface area (Å²) in [4.78, 5) is 14.6. The van der Waals surface area contributed by atoms with Gasteiger partial charge < -0.3 is 5.32 Å². The van der Waals surface area contributed by atoms with Crippen LogP contribution in [-0.2, 0) is 6.54 Å². The zero-order valence-electron chi connectivity index (χ0n) is 10.3. The van der Waals surface area contributed by atoms with E-state index in [-0.39, 0.29) is 10.6 Å². The third-order valence-corrected chi connectivity index (χ3v) is 3.34. The molecule has 0 bridgehead atoms. The largest absolute Gasteiger partial charge is 0.380 e. The molecule has 0 radical (unpaired) electrons. The minimum Gasteiger partial charge on any atom is -0.380 e. The summed E-state index contributed by atoms with van der Waals surface area (Å²) in [5, 5.41) is 14.1. The van der Waals surface area contributed by atoms with Crippen molar-refractivity contribution in [3.05, 3.63) is 62.4 Å². The molecule has 2 rings (SSSR count). The first kappa shape index (κ1) is 13.5. The molecule has 0 unspecified atom stereocenters. The molecule has 1 N–H and O–H groups in total.